The van der Waals surface area contributed by atoms with Gasteiger partial charge in [-0.25, -0.2) is 0 Å². The van der Waals surface area contributed by atoms with E-state index in [1.165, 1.54) is 10.5 Å². The van der Waals surface area contributed by atoms with E-state index in [1.807, 2.05) is 0 Å². The standard InChI is InChI=1S/C7H7N3O2/c11-4-6-8-9-7-5(12)2-1-3-10(6)7/h1-3,11-12H,4H2. The number of aromatic hydroxyl groups is 1. The van der Waals surface area contributed by atoms with E-state index in [0.29, 0.717) is 11.5 Å². The summed E-state index contributed by atoms with van der Waals surface area (Å²) < 4.78 is 1.54. The van der Waals surface area contributed by atoms with Gasteiger partial charge < -0.3 is 10.2 Å². The van der Waals surface area contributed by atoms with Gasteiger partial charge in [0.15, 0.2) is 11.6 Å². The van der Waals surface area contributed by atoms with Crippen LogP contribution in [0.5, 0.6) is 5.75 Å². The van der Waals surface area contributed by atoms with Crippen LogP contribution in [0.4, 0.5) is 0 Å². The number of hydrogen-bond acceptors (Lipinski definition) is 4. The predicted octanol–water partition coefficient (Wildman–Crippen LogP) is -0.0728. The first kappa shape index (κ1) is 7.05. The van der Waals surface area contributed by atoms with Crippen molar-refractivity contribution in [3.63, 3.8) is 0 Å². The minimum absolute atomic E-state index is 0.0599. The molecule has 2 heterocycles. The molecule has 0 amide bonds. The topological polar surface area (TPSA) is 70.7 Å². The molecule has 0 unspecified atom stereocenters. The summed E-state index contributed by atoms with van der Waals surface area (Å²) >= 11 is 0. The maximum atomic E-state index is 9.28. The van der Waals surface area contributed by atoms with Crippen molar-refractivity contribution in [2.24, 2.45) is 0 Å². The Morgan fingerprint density at radius 1 is 1.42 bits per heavy atom. The van der Waals surface area contributed by atoms with E-state index in [1.54, 1.807) is 12.3 Å². The fraction of sp³-hybridized carbons (Fsp3) is 0.143. The van der Waals surface area contributed by atoms with Crippen LogP contribution in [0.3, 0.4) is 0 Å². The van der Waals surface area contributed by atoms with Gasteiger partial charge in [-0.1, -0.05) is 0 Å². The summed E-state index contributed by atoms with van der Waals surface area (Å²) in [5.41, 5.74) is 0.363. The molecule has 0 fully saturated rings. The van der Waals surface area contributed by atoms with Gasteiger partial charge in [-0.05, 0) is 12.1 Å². The second-order valence-corrected chi connectivity index (χ2v) is 2.36. The molecule has 0 atom stereocenters. The second kappa shape index (κ2) is 2.46. The van der Waals surface area contributed by atoms with Crippen molar-refractivity contribution in [2.45, 2.75) is 6.61 Å². The van der Waals surface area contributed by atoms with E-state index >= 15 is 0 Å². The smallest absolute Gasteiger partial charge is 0.203 e. The number of aliphatic hydroxyl groups excluding tert-OH is 1. The van der Waals surface area contributed by atoms with E-state index in [9.17, 15) is 5.11 Å². The SMILES string of the molecule is OCc1nnc2c(O)cccn12. The lowest BCUT2D eigenvalue weighted by atomic mass is 10.4. The van der Waals surface area contributed by atoms with Crippen LogP contribution in [0.25, 0.3) is 5.65 Å². The molecule has 5 nitrogen and oxygen atoms in total. The highest BCUT2D eigenvalue weighted by molar-refractivity contribution is 5.51. The molecule has 2 aromatic heterocycles. The van der Waals surface area contributed by atoms with E-state index in [2.05, 4.69) is 10.2 Å². The van der Waals surface area contributed by atoms with Gasteiger partial charge in [0.05, 0.1) is 0 Å². The van der Waals surface area contributed by atoms with Gasteiger partial charge in [0.2, 0.25) is 5.65 Å². The molecule has 0 aliphatic rings. The third-order valence-corrected chi connectivity index (χ3v) is 1.63. The van der Waals surface area contributed by atoms with Crippen molar-refractivity contribution in [1.82, 2.24) is 14.6 Å². The molecule has 0 radical (unpaired) electrons. The maximum Gasteiger partial charge on any atom is 0.203 e. The molecule has 0 saturated heterocycles. The summed E-state index contributed by atoms with van der Waals surface area (Å²) in [4.78, 5) is 0. The Kier molecular flexibility index (Phi) is 1.44. The van der Waals surface area contributed by atoms with Gasteiger partial charge in [0.25, 0.3) is 0 Å². The van der Waals surface area contributed by atoms with Crippen LogP contribution >= 0.6 is 0 Å². The Bertz CT molecular complexity index is 410. The zero-order valence-electron chi connectivity index (χ0n) is 6.18. The quantitative estimate of drug-likeness (QED) is 0.620. The van der Waals surface area contributed by atoms with Gasteiger partial charge in [-0.3, -0.25) is 4.40 Å². The molecule has 12 heavy (non-hydrogen) atoms. The van der Waals surface area contributed by atoms with Crippen molar-refractivity contribution in [2.75, 3.05) is 0 Å². The summed E-state index contributed by atoms with van der Waals surface area (Å²) in [7, 11) is 0. The van der Waals surface area contributed by atoms with E-state index < -0.39 is 0 Å². The largest absolute Gasteiger partial charge is 0.504 e. The summed E-state index contributed by atoms with van der Waals surface area (Å²) in [6.45, 7) is -0.190. The highest BCUT2D eigenvalue weighted by atomic mass is 16.3. The molecule has 2 N–H and O–H groups in total. The van der Waals surface area contributed by atoms with Crippen LogP contribution < -0.4 is 0 Å². The molecule has 0 aliphatic heterocycles. The zero-order chi connectivity index (χ0) is 8.55. The lowest BCUT2D eigenvalue weighted by Gasteiger charge is -1.95. The van der Waals surface area contributed by atoms with Gasteiger partial charge in [0.1, 0.15) is 6.61 Å². The summed E-state index contributed by atoms with van der Waals surface area (Å²) in [6, 6.07) is 3.18. The monoisotopic (exact) mass is 165 g/mol. The number of rotatable bonds is 1. The van der Waals surface area contributed by atoms with Crippen molar-refractivity contribution < 1.29 is 10.2 Å². The van der Waals surface area contributed by atoms with Gasteiger partial charge in [0, 0.05) is 6.20 Å². The molecule has 62 valence electrons. The maximum absolute atomic E-state index is 9.28. The summed E-state index contributed by atoms with van der Waals surface area (Å²) in [5, 5.41) is 25.5. The predicted molar refractivity (Wildman–Crippen MR) is 40.6 cm³/mol. The fourth-order valence-electron chi connectivity index (χ4n) is 1.06. The van der Waals surface area contributed by atoms with Gasteiger partial charge >= 0.3 is 0 Å². The zero-order valence-corrected chi connectivity index (χ0v) is 6.18. The normalized spacial score (nSPS) is 10.8. The van der Waals surface area contributed by atoms with Crippen LogP contribution in [-0.2, 0) is 6.61 Å². The molecular weight excluding hydrogens is 158 g/mol. The Morgan fingerprint density at radius 3 is 3.00 bits per heavy atom. The van der Waals surface area contributed by atoms with E-state index in [0.717, 1.165) is 0 Å². The minimum atomic E-state index is -0.190. The molecular formula is C7H7N3O2. The number of hydrogen-bond donors (Lipinski definition) is 2. The number of fused-ring (bicyclic) bond motifs is 1. The molecule has 0 saturated carbocycles. The van der Waals surface area contributed by atoms with E-state index in [-0.39, 0.29) is 12.4 Å². The first-order valence-electron chi connectivity index (χ1n) is 3.45. The number of aromatic nitrogens is 3. The Balaban J connectivity index is 2.80. The Morgan fingerprint density at radius 2 is 2.25 bits per heavy atom. The second-order valence-electron chi connectivity index (χ2n) is 2.36. The third kappa shape index (κ3) is 0.835. The lowest BCUT2D eigenvalue weighted by Crippen LogP contribution is -1.92. The van der Waals surface area contributed by atoms with Crippen LogP contribution in [0, 0.1) is 0 Å². The molecule has 2 aromatic rings. The molecule has 0 spiro atoms. The number of aliphatic hydroxyl groups is 1. The molecule has 0 bridgehead atoms. The number of nitrogens with zero attached hydrogens (tertiary/aromatic N) is 3. The third-order valence-electron chi connectivity index (χ3n) is 1.63. The Hall–Kier alpha value is -1.62. The molecule has 0 aliphatic carbocycles. The average molecular weight is 165 g/mol. The highest BCUT2D eigenvalue weighted by Gasteiger charge is 2.05. The fourth-order valence-corrected chi connectivity index (χ4v) is 1.06. The molecule has 0 aromatic carbocycles. The average Bonchev–Trinajstić information content (AvgIpc) is 2.49. The summed E-state index contributed by atoms with van der Waals surface area (Å²) in [5.74, 6) is 0.477. The minimum Gasteiger partial charge on any atom is -0.504 e. The molecule has 5 heteroatoms. The van der Waals surface area contributed by atoms with Crippen LogP contribution in [0.2, 0.25) is 0 Å². The van der Waals surface area contributed by atoms with Crippen LogP contribution in [0.1, 0.15) is 5.82 Å². The summed E-state index contributed by atoms with van der Waals surface area (Å²) in [6.07, 6.45) is 1.68. The first-order valence-corrected chi connectivity index (χ1v) is 3.45. The van der Waals surface area contributed by atoms with Crippen molar-refractivity contribution in [3.8, 4) is 5.75 Å². The van der Waals surface area contributed by atoms with Crippen LogP contribution in [0.15, 0.2) is 18.3 Å². The van der Waals surface area contributed by atoms with Crippen molar-refractivity contribution in [1.29, 1.82) is 0 Å². The number of pyridine rings is 1. The van der Waals surface area contributed by atoms with Gasteiger partial charge in [-0.15, -0.1) is 10.2 Å². The first-order chi connectivity index (χ1) is 5.83. The van der Waals surface area contributed by atoms with Gasteiger partial charge in [-0.2, -0.15) is 0 Å². The molecule has 2 rings (SSSR count). The van der Waals surface area contributed by atoms with Crippen molar-refractivity contribution in [3.05, 3.63) is 24.2 Å². The van der Waals surface area contributed by atoms with Crippen molar-refractivity contribution >= 4 is 5.65 Å². The Labute approximate surface area is 67.9 Å². The van der Waals surface area contributed by atoms with E-state index in [4.69, 9.17) is 5.11 Å². The lowest BCUT2D eigenvalue weighted by molar-refractivity contribution is 0.270. The highest BCUT2D eigenvalue weighted by Crippen LogP contribution is 2.15. The van der Waals surface area contributed by atoms with Crippen LogP contribution in [-0.4, -0.2) is 24.8 Å².